The molecule has 22 heavy (non-hydrogen) atoms. The normalized spacial score (nSPS) is 9.82. The molecule has 0 saturated heterocycles. The molecular formula is C17H18N4O. The lowest BCUT2D eigenvalue weighted by molar-refractivity contribution is 0.0946. The molecule has 0 saturated carbocycles. The molecule has 0 fully saturated rings. The fourth-order valence-electron chi connectivity index (χ4n) is 2.00. The molecule has 0 aliphatic rings. The minimum Gasteiger partial charge on any atom is -0.373 e. The number of anilines is 1. The van der Waals surface area contributed by atoms with Crippen LogP contribution in [0.4, 0.5) is 5.69 Å². The lowest BCUT2D eigenvalue weighted by Gasteiger charge is -2.18. The van der Waals surface area contributed by atoms with E-state index >= 15 is 0 Å². The lowest BCUT2D eigenvalue weighted by Crippen LogP contribution is -2.25. The van der Waals surface area contributed by atoms with Crippen molar-refractivity contribution in [2.24, 2.45) is 0 Å². The van der Waals surface area contributed by atoms with Crippen molar-refractivity contribution in [1.29, 1.82) is 5.26 Å². The quantitative estimate of drug-likeness (QED) is 0.888. The van der Waals surface area contributed by atoms with E-state index in [4.69, 9.17) is 5.26 Å². The molecule has 5 nitrogen and oxygen atoms in total. The van der Waals surface area contributed by atoms with Crippen LogP contribution in [-0.2, 0) is 6.54 Å². The largest absolute Gasteiger partial charge is 0.373 e. The zero-order chi connectivity index (χ0) is 15.8. The summed E-state index contributed by atoms with van der Waals surface area (Å²) < 4.78 is 0. The maximum absolute atomic E-state index is 12.2. The molecule has 1 aromatic carbocycles. The molecule has 1 heterocycles. The van der Waals surface area contributed by atoms with Crippen molar-refractivity contribution >= 4 is 11.6 Å². The van der Waals surface area contributed by atoms with E-state index in [1.165, 1.54) is 0 Å². The van der Waals surface area contributed by atoms with Crippen LogP contribution in [0.1, 0.15) is 22.5 Å². The Bertz CT molecular complexity index is 664. The number of benzene rings is 1. The number of nitrogens with one attached hydrogen (secondary N) is 1. The first-order valence-corrected chi connectivity index (χ1v) is 7.07. The Morgan fingerprint density at radius 2 is 2.09 bits per heavy atom. The molecule has 0 radical (unpaired) electrons. The van der Waals surface area contributed by atoms with Gasteiger partial charge in [-0.1, -0.05) is 30.3 Å². The van der Waals surface area contributed by atoms with Gasteiger partial charge >= 0.3 is 0 Å². The number of carbonyl (C=O) groups is 1. The van der Waals surface area contributed by atoms with Gasteiger partial charge in [0, 0.05) is 32.0 Å². The van der Waals surface area contributed by atoms with Gasteiger partial charge in [0.15, 0.2) is 0 Å². The molecule has 0 unspecified atom stereocenters. The second-order valence-electron chi connectivity index (χ2n) is 4.90. The van der Waals surface area contributed by atoms with E-state index in [0.29, 0.717) is 25.2 Å². The van der Waals surface area contributed by atoms with E-state index in [1.54, 1.807) is 12.3 Å². The lowest BCUT2D eigenvalue weighted by atomic mass is 10.2. The summed E-state index contributed by atoms with van der Waals surface area (Å²) in [5, 5.41) is 11.5. The van der Waals surface area contributed by atoms with Crippen LogP contribution in [0.3, 0.4) is 0 Å². The van der Waals surface area contributed by atoms with E-state index in [-0.39, 0.29) is 5.91 Å². The molecule has 0 atom stereocenters. The SMILES string of the molecule is CN(CCC#N)c1ccnc(C(=O)NCc2ccccc2)c1. The summed E-state index contributed by atoms with van der Waals surface area (Å²) in [6.07, 6.45) is 2.05. The number of nitriles is 1. The first kappa shape index (κ1) is 15.5. The number of hydrogen-bond donors (Lipinski definition) is 1. The average molecular weight is 294 g/mol. The van der Waals surface area contributed by atoms with Crippen molar-refractivity contribution in [3.63, 3.8) is 0 Å². The second-order valence-corrected chi connectivity index (χ2v) is 4.90. The molecule has 1 aromatic heterocycles. The molecular weight excluding hydrogens is 276 g/mol. The third kappa shape index (κ3) is 4.32. The van der Waals surface area contributed by atoms with Crippen LogP contribution in [0.2, 0.25) is 0 Å². The van der Waals surface area contributed by atoms with Gasteiger partial charge < -0.3 is 10.2 Å². The summed E-state index contributed by atoms with van der Waals surface area (Å²) >= 11 is 0. The molecule has 112 valence electrons. The first-order chi connectivity index (χ1) is 10.7. The Balaban J connectivity index is 1.99. The van der Waals surface area contributed by atoms with Crippen LogP contribution in [0.5, 0.6) is 0 Å². The summed E-state index contributed by atoms with van der Waals surface area (Å²) in [7, 11) is 1.89. The van der Waals surface area contributed by atoms with Crippen LogP contribution < -0.4 is 10.2 Å². The molecule has 1 N–H and O–H groups in total. The van der Waals surface area contributed by atoms with Crippen LogP contribution in [0.25, 0.3) is 0 Å². The van der Waals surface area contributed by atoms with Crippen molar-refractivity contribution < 1.29 is 4.79 Å². The minimum atomic E-state index is -0.209. The minimum absolute atomic E-state index is 0.209. The van der Waals surface area contributed by atoms with E-state index < -0.39 is 0 Å². The number of carbonyl (C=O) groups excluding carboxylic acids is 1. The average Bonchev–Trinajstić information content (AvgIpc) is 2.58. The fraction of sp³-hybridized carbons (Fsp3) is 0.235. The van der Waals surface area contributed by atoms with Gasteiger partial charge in [-0.2, -0.15) is 5.26 Å². The zero-order valence-corrected chi connectivity index (χ0v) is 12.5. The van der Waals surface area contributed by atoms with Gasteiger partial charge in [0.1, 0.15) is 5.69 Å². The monoisotopic (exact) mass is 294 g/mol. The summed E-state index contributed by atoms with van der Waals surface area (Å²) in [5.41, 5.74) is 2.28. The second kappa shape index (κ2) is 7.79. The van der Waals surface area contributed by atoms with Gasteiger partial charge in [-0.15, -0.1) is 0 Å². The number of pyridine rings is 1. The highest BCUT2D eigenvalue weighted by Gasteiger charge is 2.09. The predicted molar refractivity (Wildman–Crippen MR) is 85.3 cm³/mol. The highest BCUT2D eigenvalue weighted by molar-refractivity contribution is 5.93. The summed E-state index contributed by atoms with van der Waals surface area (Å²) in [6, 6.07) is 15.4. The van der Waals surface area contributed by atoms with Crippen LogP contribution in [0.15, 0.2) is 48.7 Å². The third-order valence-electron chi connectivity index (χ3n) is 3.27. The Morgan fingerprint density at radius 3 is 2.82 bits per heavy atom. The summed E-state index contributed by atoms with van der Waals surface area (Å²) in [5.74, 6) is -0.209. The van der Waals surface area contributed by atoms with Crippen molar-refractivity contribution in [2.75, 3.05) is 18.5 Å². The van der Waals surface area contributed by atoms with Gasteiger partial charge in [0.05, 0.1) is 12.5 Å². The molecule has 0 aliphatic heterocycles. The van der Waals surface area contributed by atoms with Crippen molar-refractivity contribution in [1.82, 2.24) is 10.3 Å². The maximum Gasteiger partial charge on any atom is 0.270 e. The maximum atomic E-state index is 12.2. The van der Waals surface area contributed by atoms with Gasteiger partial charge in [0.25, 0.3) is 5.91 Å². The van der Waals surface area contributed by atoms with Crippen molar-refractivity contribution in [3.8, 4) is 6.07 Å². The van der Waals surface area contributed by atoms with Crippen LogP contribution in [0, 0.1) is 11.3 Å². The standard InChI is InChI=1S/C17H18N4O/c1-21(11-5-9-18)15-8-10-19-16(12-15)17(22)20-13-14-6-3-2-4-7-14/h2-4,6-8,10,12H,5,11,13H2,1H3,(H,20,22). The Labute approximate surface area is 130 Å². The summed E-state index contributed by atoms with van der Waals surface area (Å²) in [4.78, 5) is 18.2. The van der Waals surface area contributed by atoms with E-state index in [0.717, 1.165) is 11.3 Å². The highest BCUT2D eigenvalue weighted by atomic mass is 16.1. The molecule has 0 spiro atoms. The number of aromatic nitrogens is 1. The molecule has 1 amide bonds. The topological polar surface area (TPSA) is 69.0 Å². The van der Waals surface area contributed by atoms with Crippen LogP contribution in [-0.4, -0.2) is 24.5 Å². The van der Waals surface area contributed by atoms with Gasteiger partial charge in [-0.25, -0.2) is 0 Å². The van der Waals surface area contributed by atoms with E-state index in [1.807, 2.05) is 48.3 Å². The molecule has 0 bridgehead atoms. The van der Waals surface area contributed by atoms with Crippen molar-refractivity contribution in [2.45, 2.75) is 13.0 Å². The number of hydrogen-bond acceptors (Lipinski definition) is 4. The molecule has 2 rings (SSSR count). The van der Waals surface area contributed by atoms with E-state index in [9.17, 15) is 4.79 Å². The van der Waals surface area contributed by atoms with E-state index in [2.05, 4.69) is 16.4 Å². The predicted octanol–water partition coefficient (Wildman–Crippen LogP) is 2.36. The van der Waals surface area contributed by atoms with Crippen molar-refractivity contribution in [3.05, 3.63) is 59.9 Å². The van der Waals surface area contributed by atoms with Gasteiger partial charge in [0.2, 0.25) is 0 Å². The number of rotatable bonds is 6. The molecule has 0 aliphatic carbocycles. The fourth-order valence-corrected chi connectivity index (χ4v) is 2.00. The Morgan fingerprint density at radius 1 is 1.32 bits per heavy atom. The third-order valence-corrected chi connectivity index (χ3v) is 3.27. The highest BCUT2D eigenvalue weighted by Crippen LogP contribution is 2.13. The van der Waals surface area contributed by atoms with Crippen LogP contribution >= 0.6 is 0 Å². The molecule has 2 aromatic rings. The Kier molecular flexibility index (Phi) is 5.50. The number of nitrogens with zero attached hydrogens (tertiary/aromatic N) is 3. The molecule has 5 heteroatoms. The smallest absolute Gasteiger partial charge is 0.270 e. The number of amides is 1. The summed E-state index contributed by atoms with van der Waals surface area (Å²) in [6.45, 7) is 1.08. The first-order valence-electron chi connectivity index (χ1n) is 7.07. The zero-order valence-electron chi connectivity index (χ0n) is 12.5. The Hall–Kier alpha value is -2.87. The van der Waals surface area contributed by atoms with Gasteiger partial charge in [-0.05, 0) is 17.7 Å². The van der Waals surface area contributed by atoms with Gasteiger partial charge in [-0.3, -0.25) is 9.78 Å².